The zero-order valence-corrected chi connectivity index (χ0v) is 9.14. The smallest absolute Gasteiger partial charge is 0.0108 e. The molecule has 1 nitrogen and oxygen atoms in total. The van der Waals surface area contributed by atoms with E-state index in [1.54, 1.807) is 16.7 Å². The first-order valence-corrected chi connectivity index (χ1v) is 5.62. The number of nitrogens with one attached hydrogen (secondary N) is 1. The van der Waals surface area contributed by atoms with Crippen LogP contribution in [0.25, 0.3) is 0 Å². The van der Waals surface area contributed by atoms with Crippen LogP contribution in [-0.2, 0) is 19.3 Å². The van der Waals surface area contributed by atoms with Crippen LogP contribution in [0.3, 0.4) is 0 Å². The van der Waals surface area contributed by atoms with Gasteiger partial charge in [0.2, 0.25) is 0 Å². The van der Waals surface area contributed by atoms with Crippen LogP contribution in [0.1, 0.15) is 30.0 Å². The van der Waals surface area contributed by atoms with Crippen molar-refractivity contribution in [2.24, 2.45) is 0 Å². The Hall–Kier alpha value is -0.820. The van der Waals surface area contributed by atoms with E-state index in [1.165, 1.54) is 25.7 Å². The molecule has 1 aliphatic carbocycles. The summed E-state index contributed by atoms with van der Waals surface area (Å²) in [6, 6.07) is 7.46. The van der Waals surface area contributed by atoms with E-state index in [0.717, 1.165) is 0 Å². The Morgan fingerprint density at radius 1 is 1.43 bits per heavy atom. The monoisotopic (exact) mass is 189 g/mol. The van der Waals surface area contributed by atoms with E-state index in [4.69, 9.17) is 0 Å². The molecule has 0 aliphatic heterocycles. The summed E-state index contributed by atoms with van der Waals surface area (Å²) in [4.78, 5) is 0. The van der Waals surface area contributed by atoms with Gasteiger partial charge in [-0.2, -0.15) is 0 Å². The van der Waals surface area contributed by atoms with Gasteiger partial charge in [-0.15, -0.1) is 0 Å². The molecule has 1 heteroatoms. The van der Waals surface area contributed by atoms with Crippen LogP contribution in [0.4, 0.5) is 0 Å². The minimum atomic E-state index is 0.690. The summed E-state index contributed by atoms with van der Waals surface area (Å²) in [5, 5.41) is 3.40. The quantitative estimate of drug-likeness (QED) is 0.753. The first kappa shape index (κ1) is 9.72. The van der Waals surface area contributed by atoms with Crippen molar-refractivity contribution in [1.29, 1.82) is 0 Å². The third-order valence-electron chi connectivity index (χ3n) is 3.37. The van der Waals surface area contributed by atoms with E-state index in [9.17, 15) is 0 Å². The summed E-state index contributed by atoms with van der Waals surface area (Å²) in [6.45, 7) is 2.25. The maximum atomic E-state index is 3.40. The average molecular weight is 189 g/mol. The molecule has 0 radical (unpaired) electrons. The van der Waals surface area contributed by atoms with Crippen LogP contribution in [0.2, 0.25) is 0 Å². The summed E-state index contributed by atoms with van der Waals surface area (Å²) >= 11 is 0. The number of fused-ring (bicyclic) bond motifs is 1. The summed E-state index contributed by atoms with van der Waals surface area (Å²) in [6.07, 6.45) is 4.92. The van der Waals surface area contributed by atoms with Crippen molar-refractivity contribution in [2.45, 2.75) is 38.6 Å². The van der Waals surface area contributed by atoms with Crippen LogP contribution in [0.15, 0.2) is 18.2 Å². The van der Waals surface area contributed by atoms with Crippen molar-refractivity contribution >= 4 is 0 Å². The Balaban J connectivity index is 2.33. The van der Waals surface area contributed by atoms with Gasteiger partial charge >= 0.3 is 0 Å². The Bertz CT molecular complexity index is 303. The van der Waals surface area contributed by atoms with Crippen molar-refractivity contribution in [3.8, 4) is 0 Å². The van der Waals surface area contributed by atoms with Crippen molar-refractivity contribution < 1.29 is 0 Å². The molecule has 2 rings (SSSR count). The number of likely N-dealkylation sites (N-methyl/N-ethyl adjacent to an activating group) is 1. The maximum absolute atomic E-state index is 3.40. The largest absolute Gasteiger partial charge is 0.317 e. The molecule has 0 bridgehead atoms. The SMILES string of the molecule is CCc1cccc2c1CC(NC)CC2. The van der Waals surface area contributed by atoms with Gasteiger partial charge in [0, 0.05) is 6.04 Å². The minimum Gasteiger partial charge on any atom is -0.317 e. The van der Waals surface area contributed by atoms with Crippen molar-refractivity contribution in [3.05, 3.63) is 34.9 Å². The number of aryl methyl sites for hydroxylation is 2. The van der Waals surface area contributed by atoms with Crippen LogP contribution >= 0.6 is 0 Å². The number of hydrogen-bond acceptors (Lipinski definition) is 1. The fourth-order valence-corrected chi connectivity index (χ4v) is 2.44. The molecular weight excluding hydrogens is 170 g/mol. The van der Waals surface area contributed by atoms with Gasteiger partial charge in [0.1, 0.15) is 0 Å². The Kier molecular flexibility index (Phi) is 2.87. The van der Waals surface area contributed by atoms with E-state index in [1.807, 2.05) is 0 Å². The highest BCUT2D eigenvalue weighted by Gasteiger charge is 2.18. The van der Waals surface area contributed by atoms with Gasteiger partial charge in [0.15, 0.2) is 0 Å². The first-order chi connectivity index (χ1) is 6.85. The fraction of sp³-hybridized carbons (Fsp3) is 0.538. The second-order valence-corrected chi connectivity index (χ2v) is 4.14. The normalized spacial score (nSPS) is 20.6. The van der Waals surface area contributed by atoms with Gasteiger partial charge < -0.3 is 5.32 Å². The number of rotatable bonds is 2. The van der Waals surface area contributed by atoms with Crippen LogP contribution < -0.4 is 5.32 Å². The third kappa shape index (κ3) is 1.69. The van der Waals surface area contributed by atoms with E-state index in [0.29, 0.717) is 6.04 Å². The Labute approximate surface area is 86.5 Å². The second kappa shape index (κ2) is 4.14. The standard InChI is InChI=1S/C13H19N/c1-3-10-5-4-6-11-7-8-12(14-2)9-13(10)11/h4-6,12,14H,3,7-9H2,1-2H3. The van der Waals surface area contributed by atoms with E-state index in [-0.39, 0.29) is 0 Å². The van der Waals surface area contributed by atoms with Gasteiger partial charge in [-0.3, -0.25) is 0 Å². The third-order valence-corrected chi connectivity index (χ3v) is 3.37. The molecule has 14 heavy (non-hydrogen) atoms. The molecule has 0 spiro atoms. The molecule has 1 aliphatic rings. The summed E-state index contributed by atoms with van der Waals surface area (Å²) in [5.74, 6) is 0. The highest BCUT2D eigenvalue weighted by atomic mass is 14.9. The molecule has 1 N–H and O–H groups in total. The van der Waals surface area contributed by atoms with E-state index in [2.05, 4.69) is 37.5 Å². The topological polar surface area (TPSA) is 12.0 Å². The predicted octanol–water partition coefficient (Wildman–Crippen LogP) is 2.33. The molecule has 0 fully saturated rings. The number of benzene rings is 1. The molecule has 1 unspecified atom stereocenters. The second-order valence-electron chi connectivity index (χ2n) is 4.14. The molecule has 0 heterocycles. The van der Waals surface area contributed by atoms with Gasteiger partial charge in [-0.25, -0.2) is 0 Å². The Morgan fingerprint density at radius 2 is 2.29 bits per heavy atom. The molecular formula is C13H19N. The summed E-state index contributed by atoms with van der Waals surface area (Å²) in [5.41, 5.74) is 4.74. The molecule has 1 atom stereocenters. The summed E-state index contributed by atoms with van der Waals surface area (Å²) in [7, 11) is 2.07. The average Bonchev–Trinajstić information content (AvgIpc) is 2.27. The highest BCUT2D eigenvalue weighted by molar-refractivity contribution is 5.37. The van der Waals surface area contributed by atoms with Gasteiger partial charge in [0.25, 0.3) is 0 Å². The lowest BCUT2D eigenvalue weighted by molar-refractivity contribution is 0.494. The van der Waals surface area contributed by atoms with Crippen LogP contribution in [0, 0.1) is 0 Å². The fourth-order valence-electron chi connectivity index (χ4n) is 2.44. The highest BCUT2D eigenvalue weighted by Crippen LogP contribution is 2.24. The lowest BCUT2D eigenvalue weighted by Gasteiger charge is -2.26. The molecule has 1 aromatic carbocycles. The predicted molar refractivity (Wildman–Crippen MR) is 60.7 cm³/mol. The molecule has 0 saturated heterocycles. The zero-order chi connectivity index (χ0) is 9.97. The molecule has 1 aromatic rings. The maximum Gasteiger partial charge on any atom is 0.0108 e. The van der Waals surface area contributed by atoms with Crippen molar-refractivity contribution in [1.82, 2.24) is 5.32 Å². The summed E-state index contributed by atoms with van der Waals surface area (Å²) < 4.78 is 0. The zero-order valence-electron chi connectivity index (χ0n) is 9.14. The van der Waals surface area contributed by atoms with Crippen LogP contribution in [0.5, 0.6) is 0 Å². The van der Waals surface area contributed by atoms with E-state index >= 15 is 0 Å². The molecule has 76 valence electrons. The van der Waals surface area contributed by atoms with Crippen LogP contribution in [-0.4, -0.2) is 13.1 Å². The number of hydrogen-bond donors (Lipinski definition) is 1. The lowest BCUT2D eigenvalue weighted by Crippen LogP contribution is -2.32. The van der Waals surface area contributed by atoms with Gasteiger partial charge in [0.05, 0.1) is 0 Å². The minimum absolute atomic E-state index is 0.690. The van der Waals surface area contributed by atoms with E-state index < -0.39 is 0 Å². The lowest BCUT2D eigenvalue weighted by atomic mass is 9.85. The van der Waals surface area contributed by atoms with Crippen molar-refractivity contribution in [2.75, 3.05) is 7.05 Å². The molecule has 0 saturated carbocycles. The first-order valence-electron chi connectivity index (χ1n) is 5.62. The molecule has 0 amide bonds. The van der Waals surface area contributed by atoms with Crippen molar-refractivity contribution in [3.63, 3.8) is 0 Å². The molecule has 0 aromatic heterocycles. The van der Waals surface area contributed by atoms with Gasteiger partial charge in [-0.05, 0) is 49.4 Å². The Morgan fingerprint density at radius 3 is 3.00 bits per heavy atom. The van der Waals surface area contributed by atoms with Gasteiger partial charge in [-0.1, -0.05) is 25.1 Å².